The van der Waals surface area contributed by atoms with Crippen molar-refractivity contribution >= 4 is 33.2 Å². The molecule has 4 heteroatoms. The van der Waals surface area contributed by atoms with E-state index < -0.39 is 0 Å². The van der Waals surface area contributed by atoms with Gasteiger partial charge in [0, 0.05) is 24.1 Å². The number of anilines is 1. The molecular formula is C13H20BrClN2. The topological polar surface area (TPSA) is 6.48 Å². The Morgan fingerprint density at radius 3 is 2.41 bits per heavy atom. The number of benzene rings is 1. The molecule has 1 rings (SSSR count). The molecule has 0 aromatic heterocycles. The van der Waals surface area contributed by atoms with E-state index in [-0.39, 0.29) is 0 Å². The quantitative estimate of drug-likeness (QED) is 0.785. The highest BCUT2D eigenvalue weighted by Crippen LogP contribution is 2.28. The summed E-state index contributed by atoms with van der Waals surface area (Å²) >= 11 is 9.70. The third kappa shape index (κ3) is 4.49. The van der Waals surface area contributed by atoms with Crippen molar-refractivity contribution in [3.8, 4) is 0 Å². The van der Waals surface area contributed by atoms with Crippen molar-refractivity contribution in [2.75, 3.05) is 38.1 Å². The van der Waals surface area contributed by atoms with E-state index in [1.807, 2.05) is 12.1 Å². The molecule has 0 atom stereocenters. The largest absolute Gasteiger partial charge is 0.369 e. The van der Waals surface area contributed by atoms with Crippen LogP contribution in [0.25, 0.3) is 0 Å². The van der Waals surface area contributed by atoms with Gasteiger partial charge in [-0.3, -0.25) is 0 Å². The zero-order valence-electron chi connectivity index (χ0n) is 10.7. The van der Waals surface area contributed by atoms with Gasteiger partial charge in [0.2, 0.25) is 0 Å². The van der Waals surface area contributed by atoms with Crippen LogP contribution in [0.15, 0.2) is 22.7 Å². The van der Waals surface area contributed by atoms with Crippen LogP contribution in [0.1, 0.15) is 13.8 Å². The highest BCUT2D eigenvalue weighted by atomic mass is 79.9. The average molecular weight is 320 g/mol. The smallest absolute Gasteiger partial charge is 0.0650 e. The van der Waals surface area contributed by atoms with Crippen molar-refractivity contribution in [3.63, 3.8) is 0 Å². The van der Waals surface area contributed by atoms with Crippen LogP contribution < -0.4 is 4.90 Å². The number of nitrogens with zero attached hydrogens (tertiary/aromatic N) is 2. The Labute approximate surface area is 118 Å². The average Bonchev–Trinajstić information content (AvgIpc) is 2.31. The fraction of sp³-hybridized carbons (Fsp3) is 0.538. The van der Waals surface area contributed by atoms with Crippen LogP contribution in [0.5, 0.6) is 0 Å². The van der Waals surface area contributed by atoms with Crippen LogP contribution in [0.2, 0.25) is 5.02 Å². The van der Waals surface area contributed by atoms with Crippen molar-refractivity contribution < 1.29 is 0 Å². The lowest BCUT2D eigenvalue weighted by Crippen LogP contribution is -2.33. The summed E-state index contributed by atoms with van der Waals surface area (Å²) in [6.45, 7) is 8.43. The fourth-order valence-electron chi connectivity index (χ4n) is 1.64. The first-order valence-corrected chi connectivity index (χ1v) is 7.14. The van der Waals surface area contributed by atoms with Crippen LogP contribution in [0.3, 0.4) is 0 Å². The first-order valence-electron chi connectivity index (χ1n) is 5.97. The second-order valence-corrected chi connectivity index (χ2v) is 5.39. The molecule has 96 valence electrons. The summed E-state index contributed by atoms with van der Waals surface area (Å²) in [6, 6.07) is 6.05. The van der Waals surface area contributed by atoms with Crippen LogP contribution >= 0.6 is 27.5 Å². The first kappa shape index (κ1) is 14.8. The predicted octanol–water partition coefficient (Wildman–Crippen LogP) is 3.88. The molecule has 1 aromatic rings. The molecule has 17 heavy (non-hydrogen) atoms. The van der Waals surface area contributed by atoms with Gasteiger partial charge in [0.1, 0.15) is 0 Å². The summed E-state index contributed by atoms with van der Waals surface area (Å²) in [5.41, 5.74) is 1.11. The monoisotopic (exact) mass is 318 g/mol. The molecule has 0 amide bonds. The second kappa shape index (κ2) is 7.24. The van der Waals surface area contributed by atoms with Crippen LogP contribution in [-0.2, 0) is 0 Å². The Morgan fingerprint density at radius 1 is 1.18 bits per heavy atom. The minimum absolute atomic E-state index is 0.806. The van der Waals surface area contributed by atoms with E-state index in [2.05, 4.69) is 52.7 Å². The summed E-state index contributed by atoms with van der Waals surface area (Å²) < 4.78 is 1.02. The summed E-state index contributed by atoms with van der Waals surface area (Å²) in [5.74, 6) is 0. The maximum absolute atomic E-state index is 6.27. The standard InChI is InChI=1S/C13H20BrClN2/c1-4-16(3)8-9-17(5-2)13-7-6-11(14)10-12(13)15/h6-7,10H,4-5,8-9H2,1-3H3. The Morgan fingerprint density at radius 2 is 1.88 bits per heavy atom. The SMILES string of the molecule is CCN(C)CCN(CC)c1ccc(Br)cc1Cl. The summed E-state index contributed by atoms with van der Waals surface area (Å²) in [7, 11) is 2.14. The van der Waals surface area contributed by atoms with E-state index in [0.717, 1.165) is 41.4 Å². The maximum atomic E-state index is 6.27. The molecule has 0 aliphatic carbocycles. The van der Waals surface area contributed by atoms with Gasteiger partial charge in [-0.25, -0.2) is 0 Å². The van der Waals surface area contributed by atoms with Gasteiger partial charge in [0.15, 0.2) is 0 Å². The minimum atomic E-state index is 0.806. The predicted molar refractivity (Wildman–Crippen MR) is 80.2 cm³/mol. The molecule has 0 heterocycles. The third-order valence-corrected chi connectivity index (χ3v) is 3.72. The Kier molecular flexibility index (Phi) is 6.31. The molecule has 0 N–H and O–H groups in total. The van der Waals surface area contributed by atoms with E-state index in [9.17, 15) is 0 Å². The molecule has 0 bridgehead atoms. The van der Waals surface area contributed by atoms with Crippen molar-refractivity contribution in [1.29, 1.82) is 0 Å². The molecule has 0 aliphatic rings. The van der Waals surface area contributed by atoms with E-state index in [1.165, 1.54) is 0 Å². The molecule has 0 unspecified atom stereocenters. The third-order valence-electron chi connectivity index (χ3n) is 2.92. The van der Waals surface area contributed by atoms with Gasteiger partial charge >= 0.3 is 0 Å². The van der Waals surface area contributed by atoms with Crippen LogP contribution in [-0.4, -0.2) is 38.1 Å². The molecule has 1 aromatic carbocycles. The molecule has 0 spiro atoms. The Bertz CT molecular complexity index is 357. The first-order chi connectivity index (χ1) is 8.08. The number of hydrogen-bond donors (Lipinski definition) is 0. The molecule has 0 radical (unpaired) electrons. The summed E-state index contributed by atoms with van der Waals surface area (Å²) in [6.07, 6.45) is 0. The van der Waals surface area contributed by atoms with Gasteiger partial charge in [-0.15, -0.1) is 0 Å². The Balaban J connectivity index is 2.72. The van der Waals surface area contributed by atoms with E-state index >= 15 is 0 Å². The summed E-state index contributed by atoms with van der Waals surface area (Å²) in [5, 5.41) is 0.806. The minimum Gasteiger partial charge on any atom is -0.369 e. The zero-order chi connectivity index (χ0) is 12.8. The Hall–Kier alpha value is -0.250. The van der Waals surface area contributed by atoms with Crippen molar-refractivity contribution in [3.05, 3.63) is 27.7 Å². The van der Waals surface area contributed by atoms with Crippen molar-refractivity contribution in [2.45, 2.75) is 13.8 Å². The van der Waals surface area contributed by atoms with Crippen molar-refractivity contribution in [1.82, 2.24) is 4.90 Å². The lowest BCUT2D eigenvalue weighted by molar-refractivity contribution is 0.359. The molecule has 0 aliphatic heterocycles. The van der Waals surface area contributed by atoms with Crippen LogP contribution in [0, 0.1) is 0 Å². The maximum Gasteiger partial charge on any atom is 0.0650 e. The molecule has 0 fully saturated rings. The summed E-state index contributed by atoms with van der Waals surface area (Å²) in [4.78, 5) is 4.61. The van der Waals surface area contributed by atoms with Gasteiger partial charge in [0.25, 0.3) is 0 Å². The van der Waals surface area contributed by atoms with Gasteiger partial charge in [0.05, 0.1) is 10.7 Å². The zero-order valence-corrected chi connectivity index (χ0v) is 13.1. The molecular weight excluding hydrogens is 300 g/mol. The molecule has 0 saturated carbocycles. The highest BCUT2D eigenvalue weighted by Gasteiger charge is 2.09. The fourth-order valence-corrected chi connectivity index (χ4v) is 2.43. The van der Waals surface area contributed by atoms with Crippen LogP contribution in [0.4, 0.5) is 5.69 Å². The van der Waals surface area contributed by atoms with Gasteiger partial charge < -0.3 is 9.80 Å². The van der Waals surface area contributed by atoms with Gasteiger partial charge in [-0.2, -0.15) is 0 Å². The van der Waals surface area contributed by atoms with Crippen molar-refractivity contribution in [2.24, 2.45) is 0 Å². The lowest BCUT2D eigenvalue weighted by atomic mass is 10.3. The van der Waals surface area contributed by atoms with E-state index in [4.69, 9.17) is 11.6 Å². The highest BCUT2D eigenvalue weighted by molar-refractivity contribution is 9.10. The lowest BCUT2D eigenvalue weighted by Gasteiger charge is -2.26. The van der Waals surface area contributed by atoms with Gasteiger partial charge in [-0.05, 0) is 38.7 Å². The molecule has 0 saturated heterocycles. The van der Waals surface area contributed by atoms with E-state index in [0.29, 0.717) is 0 Å². The normalized spacial score (nSPS) is 10.9. The number of likely N-dealkylation sites (N-methyl/N-ethyl adjacent to an activating group) is 2. The number of halogens is 2. The number of hydrogen-bond acceptors (Lipinski definition) is 2. The molecule has 2 nitrogen and oxygen atoms in total. The van der Waals surface area contributed by atoms with Gasteiger partial charge in [-0.1, -0.05) is 34.5 Å². The number of rotatable bonds is 6. The second-order valence-electron chi connectivity index (χ2n) is 4.07. The van der Waals surface area contributed by atoms with E-state index in [1.54, 1.807) is 0 Å².